The molecule has 0 unspecified atom stereocenters. The van der Waals surface area contributed by atoms with E-state index in [1.165, 1.54) is 6.07 Å². The van der Waals surface area contributed by atoms with Crippen LogP contribution in [-0.2, 0) is 6.42 Å². The molecular formula is C12H16FN3. The molecule has 1 heterocycles. The molecule has 0 saturated heterocycles. The Morgan fingerprint density at radius 1 is 1.38 bits per heavy atom. The Morgan fingerprint density at radius 2 is 2.25 bits per heavy atom. The maximum atomic E-state index is 13.3. The normalized spacial score (nSPS) is 15.2. The maximum Gasteiger partial charge on any atom is 0.191 e. The summed E-state index contributed by atoms with van der Waals surface area (Å²) >= 11 is 0. The summed E-state index contributed by atoms with van der Waals surface area (Å²) in [6.45, 7) is 2.54. The van der Waals surface area contributed by atoms with Crippen LogP contribution in [0, 0.1) is 5.82 Å². The first kappa shape index (κ1) is 10.9. The molecular weight excluding hydrogens is 205 g/mol. The Morgan fingerprint density at radius 3 is 3.00 bits per heavy atom. The summed E-state index contributed by atoms with van der Waals surface area (Å²) in [7, 11) is 0. The van der Waals surface area contributed by atoms with Crippen molar-refractivity contribution in [3.05, 3.63) is 35.6 Å². The smallest absolute Gasteiger partial charge is 0.191 e. The van der Waals surface area contributed by atoms with Gasteiger partial charge in [0.1, 0.15) is 5.82 Å². The lowest BCUT2D eigenvalue weighted by molar-refractivity contribution is 0.606. The van der Waals surface area contributed by atoms with Crippen LogP contribution in [0.2, 0.25) is 0 Å². The Hall–Kier alpha value is -1.58. The van der Waals surface area contributed by atoms with Gasteiger partial charge in [-0.15, -0.1) is 0 Å². The van der Waals surface area contributed by atoms with Crippen LogP contribution in [-0.4, -0.2) is 25.6 Å². The molecule has 0 spiro atoms. The van der Waals surface area contributed by atoms with Crippen LogP contribution in [0.4, 0.5) is 4.39 Å². The summed E-state index contributed by atoms with van der Waals surface area (Å²) in [5, 5.41) is 6.33. The number of benzene rings is 1. The van der Waals surface area contributed by atoms with E-state index in [1.54, 1.807) is 6.07 Å². The molecule has 0 aromatic heterocycles. The minimum absolute atomic E-state index is 0.136. The molecule has 4 heteroatoms. The van der Waals surface area contributed by atoms with Gasteiger partial charge in [-0.2, -0.15) is 0 Å². The summed E-state index contributed by atoms with van der Waals surface area (Å²) in [6.07, 6.45) is 1.76. The van der Waals surface area contributed by atoms with Gasteiger partial charge in [0, 0.05) is 19.6 Å². The van der Waals surface area contributed by atoms with Gasteiger partial charge in [-0.1, -0.05) is 18.2 Å². The second kappa shape index (κ2) is 5.49. The Bertz CT molecular complexity index is 376. The van der Waals surface area contributed by atoms with Crippen LogP contribution < -0.4 is 10.6 Å². The lowest BCUT2D eigenvalue weighted by Crippen LogP contribution is -2.41. The van der Waals surface area contributed by atoms with Crippen molar-refractivity contribution in [3.63, 3.8) is 0 Å². The molecule has 1 aromatic rings. The molecule has 86 valence electrons. The van der Waals surface area contributed by atoms with Crippen molar-refractivity contribution in [1.82, 2.24) is 10.6 Å². The highest BCUT2D eigenvalue weighted by molar-refractivity contribution is 5.80. The fraction of sp³-hybridized carbons (Fsp3) is 0.417. The van der Waals surface area contributed by atoms with Crippen molar-refractivity contribution in [3.8, 4) is 0 Å². The first-order valence-corrected chi connectivity index (χ1v) is 5.62. The van der Waals surface area contributed by atoms with Crippen LogP contribution in [0.5, 0.6) is 0 Å². The number of guanidine groups is 1. The molecule has 0 atom stereocenters. The lowest BCUT2D eigenvalue weighted by atomic mass is 10.1. The van der Waals surface area contributed by atoms with Gasteiger partial charge in [0.05, 0.1) is 0 Å². The fourth-order valence-electron chi connectivity index (χ4n) is 1.67. The minimum atomic E-state index is -0.136. The third-order valence-electron chi connectivity index (χ3n) is 2.54. The van der Waals surface area contributed by atoms with E-state index in [0.29, 0.717) is 13.0 Å². The highest BCUT2D eigenvalue weighted by Gasteiger charge is 2.04. The zero-order valence-corrected chi connectivity index (χ0v) is 9.17. The summed E-state index contributed by atoms with van der Waals surface area (Å²) in [4.78, 5) is 4.28. The molecule has 0 aliphatic carbocycles. The molecule has 0 amide bonds. The molecule has 1 aliphatic rings. The van der Waals surface area contributed by atoms with Gasteiger partial charge >= 0.3 is 0 Å². The number of aliphatic imine (C=N–C) groups is 1. The Labute approximate surface area is 94.8 Å². The zero-order valence-electron chi connectivity index (χ0n) is 9.17. The van der Waals surface area contributed by atoms with Gasteiger partial charge in [0.2, 0.25) is 0 Å². The van der Waals surface area contributed by atoms with E-state index in [0.717, 1.165) is 31.0 Å². The zero-order chi connectivity index (χ0) is 11.2. The Balaban J connectivity index is 1.80. The van der Waals surface area contributed by atoms with E-state index >= 15 is 0 Å². The van der Waals surface area contributed by atoms with Gasteiger partial charge < -0.3 is 10.6 Å². The van der Waals surface area contributed by atoms with E-state index in [1.807, 2.05) is 12.1 Å². The number of rotatable bonds is 3. The molecule has 3 nitrogen and oxygen atoms in total. The second-order valence-corrected chi connectivity index (χ2v) is 3.78. The number of hydrogen-bond acceptors (Lipinski definition) is 3. The molecule has 0 saturated carbocycles. The topological polar surface area (TPSA) is 36.4 Å². The van der Waals surface area contributed by atoms with Crippen molar-refractivity contribution in [2.75, 3.05) is 19.6 Å². The Kier molecular flexibility index (Phi) is 3.75. The van der Waals surface area contributed by atoms with E-state index in [9.17, 15) is 4.39 Å². The van der Waals surface area contributed by atoms with Crippen molar-refractivity contribution in [2.24, 2.45) is 4.99 Å². The third kappa shape index (κ3) is 2.95. The van der Waals surface area contributed by atoms with Crippen molar-refractivity contribution < 1.29 is 4.39 Å². The van der Waals surface area contributed by atoms with Gasteiger partial charge in [-0.05, 0) is 24.5 Å². The summed E-state index contributed by atoms with van der Waals surface area (Å²) in [5.74, 6) is 0.699. The highest BCUT2D eigenvalue weighted by Crippen LogP contribution is 2.06. The fourth-order valence-corrected chi connectivity index (χ4v) is 1.67. The standard InChI is InChI=1S/C12H16FN3/c13-11-5-2-1-4-10(11)6-9-16-12-14-7-3-8-15-12/h1-2,4-5H,3,6-9H2,(H2,14,15,16). The SMILES string of the molecule is Fc1ccccc1CCNC1=NCCCN1. The molecule has 1 aromatic carbocycles. The molecule has 0 fully saturated rings. The van der Waals surface area contributed by atoms with Crippen LogP contribution in [0.3, 0.4) is 0 Å². The summed E-state index contributed by atoms with van der Waals surface area (Å²) in [5.41, 5.74) is 0.742. The van der Waals surface area contributed by atoms with Gasteiger partial charge in [-0.25, -0.2) is 4.39 Å². The number of halogens is 1. The maximum absolute atomic E-state index is 13.3. The first-order chi connectivity index (χ1) is 7.86. The molecule has 2 N–H and O–H groups in total. The predicted octanol–water partition coefficient (Wildman–Crippen LogP) is 1.31. The van der Waals surface area contributed by atoms with E-state index in [2.05, 4.69) is 15.6 Å². The number of hydrogen-bond donors (Lipinski definition) is 2. The second-order valence-electron chi connectivity index (χ2n) is 3.78. The number of nitrogens with zero attached hydrogens (tertiary/aromatic N) is 1. The average Bonchev–Trinajstić information content (AvgIpc) is 2.33. The molecule has 0 radical (unpaired) electrons. The third-order valence-corrected chi connectivity index (χ3v) is 2.54. The summed E-state index contributed by atoms with van der Waals surface area (Å²) in [6, 6.07) is 6.87. The highest BCUT2D eigenvalue weighted by atomic mass is 19.1. The van der Waals surface area contributed by atoms with Crippen LogP contribution in [0.15, 0.2) is 29.3 Å². The summed E-state index contributed by atoms with van der Waals surface area (Å²) < 4.78 is 13.3. The van der Waals surface area contributed by atoms with Crippen LogP contribution in [0.1, 0.15) is 12.0 Å². The molecule has 0 bridgehead atoms. The van der Waals surface area contributed by atoms with E-state index in [-0.39, 0.29) is 5.82 Å². The van der Waals surface area contributed by atoms with Crippen LogP contribution in [0.25, 0.3) is 0 Å². The molecule has 16 heavy (non-hydrogen) atoms. The largest absolute Gasteiger partial charge is 0.356 e. The number of nitrogens with one attached hydrogen (secondary N) is 2. The van der Waals surface area contributed by atoms with Gasteiger partial charge in [0.25, 0.3) is 0 Å². The quantitative estimate of drug-likeness (QED) is 0.807. The monoisotopic (exact) mass is 221 g/mol. The van der Waals surface area contributed by atoms with Gasteiger partial charge in [0.15, 0.2) is 5.96 Å². The van der Waals surface area contributed by atoms with Crippen LogP contribution >= 0.6 is 0 Å². The van der Waals surface area contributed by atoms with E-state index in [4.69, 9.17) is 0 Å². The van der Waals surface area contributed by atoms with Crippen molar-refractivity contribution in [1.29, 1.82) is 0 Å². The van der Waals surface area contributed by atoms with E-state index < -0.39 is 0 Å². The predicted molar refractivity (Wildman–Crippen MR) is 63.0 cm³/mol. The first-order valence-electron chi connectivity index (χ1n) is 5.62. The van der Waals surface area contributed by atoms with Gasteiger partial charge in [-0.3, -0.25) is 4.99 Å². The molecule has 2 rings (SSSR count). The molecule has 1 aliphatic heterocycles. The van der Waals surface area contributed by atoms with Crippen molar-refractivity contribution >= 4 is 5.96 Å². The average molecular weight is 221 g/mol. The minimum Gasteiger partial charge on any atom is -0.356 e. The van der Waals surface area contributed by atoms with Crippen molar-refractivity contribution in [2.45, 2.75) is 12.8 Å². The lowest BCUT2D eigenvalue weighted by Gasteiger charge is -2.15.